The molecule has 1 amide bonds. The van der Waals surface area contributed by atoms with Gasteiger partial charge in [-0.3, -0.25) is 4.79 Å². The third kappa shape index (κ3) is 3.85. The molecule has 5 heteroatoms. The van der Waals surface area contributed by atoms with Crippen LogP contribution in [0.3, 0.4) is 0 Å². The predicted molar refractivity (Wildman–Crippen MR) is 87.6 cm³/mol. The van der Waals surface area contributed by atoms with Gasteiger partial charge >= 0.3 is 0 Å². The van der Waals surface area contributed by atoms with Crippen molar-refractivity contribution in [1.29, 1.82) is 0 Å². The molecule has 116 valence electrons. The first kappa shape index (κ1) is 16.5. The topological polar surface area (TPSA) is 38.3 Å². The van der Waals surface area contributed by atoms with E-state index >= 15 is 0 Å². The van der Waals surface area contributed by atoms with Gasteiger partial charge in [-0.25, -0.2) is 4.39 Å². The van der Waals surface area contributed by atoms with Gasteiger partial charge in [0.05, 0.1) is 18.7 Å². The maximum absolute atomic E-state index is 13.8. The average Bonchev–Trinajstić information content (AvgIpc) is 2.52. The zero-order chi connectivity index (χ0) is 16.1. The van der Waals surface area contributed by atoms with E-state index in [1.165, 1.54) is 12.1 Å². The summed E-state index contributed by atoms with van der Waals surface area (Å²) in [5.74, 6) is -0.215. The molecule has 0 bridgehead atoms. The maximum Gasteiger partial charge on any atom is 0.254 e. The molecule has 2 aromatic carbocycles. The van der Waals surface area contributed by atoms with E-state index in [0.717, 1.165) is 11.3 Å². The van der Waals surface area contributed by atoms with Crippen LogP contribution in [0.5, 0.6) is 5.75 Å². The van der Waals surface area contributed by atoms with Crippen molar-refractivity contribution in [2.24, 2.45) is 0 Å². The molecule has 1 atom stereocenters. The Labute approximate surface area is 137 Å². The highest BCUT2D eigenvalue weighted by molar-refractivity contribution is 9.10. The molecule has 2 aromatic rings. The van der Waals surface area contributed by atoms with Gasteiger partial charge in [0.25, 0.3) is 5.91 Å². The zero-order valence-electron chi connectivity index (χ0n) is 12.4. The van der Waals surface area contributed by atoms with Crippen LogP contribution >= 0.6 is 15.9 Å². The number of nitrogens with one attached hydrogen (secondary N) is 1. The van der Waals surface area contributed by atoms with Crippen LogP contribution in [0, 0.1) is 5.82 Å². The van der Waals surface area contributed by atoms with E-state index in [1.54, 1.807) is 13.2 Å². The van der Waals surface area contributed by atoms with Gasteiger partial charge in [0, 0.05) is 4.47 Å². The third-order valence-electron chi connectivity index (χ3n) is 3.41. The van der Waals surface area contributed by atoms with Crippen LogP contribution in [-0.2, 0) is 0 Å². The molecule has 0 fully saturated rings. The standard InChI is InChI=1S/C17H17BrFNO2/c1-3-16(11-4-7-13(22-2)8-5-11)20-17(21)14-9-6-12(18)10-15(14)19/h4-10,16H,3H2,1-2H3,(H,20,21). The molecule has 0 aliphatic carbocycles. The quantitative estimate of drug-likeness (QED) is 0.848. The number of benzene rings is 2. The monoisotopic (exact) mass is 365 g/mol. The number of amides is 1. The maximum atomic E-state index is 13.8. The van der Waals surface area contributed by atoms with Crippen molar-refractivity contribution < 1.29 is 13.9 Å². The minimum absolute atomic E-state index is 0.0372. The summed E-state index contributed by atoms with van der Waals surface area (Å²) in [6.07, 6.45) is 0.705. The normalized spacial score (nSPS) is 11.8. The average molecular weight is 366 g/mol. The van der Waals surface area contributed by atoms with Crippen molar-refractivity contribution >= 4 is 21.8 Å². The van der Waals surface area contributed by atoms with Crippen LogP contribution in [0.25, 0.3) is 0 Å². The van der Waals surface area contributed by atoms with Crippen molar-refractivity contribution in [2.75, 3.05) is 7.11 Å². The fourth-order valence-corrected chi connectivity index (χ4v) is 2.50. The molecule has 0 saturated heterocycles. The minimum atomic E-state index is -0.545. The predicted octanol–water partition coefficient (Wildman–Crippen LogP) is 4.48. The highest BCUT2D eigenvalue weighted by Gasteiger charge is 2.17. The van der Waals surface area contributed by atoms with Crippen LogP contribution in [0.1, 0.15) is 35.3 Å². The molecule has 22 heavy (non-hydrogen) atoms. The van der Waals surface area contributed by atoms with Crippen LogP contribution in [0.2, 0.25) is 0 Å². The van der Waals surface area contributed by atoms with Gasteiger partial charge < -0.3 is 10.1 Å². The summed E-state index contributed by atoms with van der Waals surface area (Å²) in [4.78, 5) is 12.3. The largest absolute Gasteiger partial charge is 0.497 e. The first-order chi connectivity index (χ1) is 10.5. The van der Waals surface area contributed by atoms with E-state index in [-0.39, 0.29) is 11.6 Å². The summed E-state index contributed by atoms with van der Waals surface area (Å²) in [7, 11) is 1.60. The fraction of sp³-hybridized carbons (Fsp3) is 0.235. The molecule has 0 heterocycles. The summed E-state index contributed by atoms with van der Waals surface area (Å²) in [6.45, 7) is 1.97. The summed E-state index contributed by atoms with van der Waals surface area (Å²) >= 11 is 3.18. The van der Waals surface area contributed by atoms with Crippen LogP contribution < -0.4 is 10.1 Å². The smallest absolute Gasteiger partial charge is 0.254 e. The number of carbonyl (C=O) groups is 1. The summed E-state index contributed by atoms with van der Waals surface area (Å²) in [5.41, 5.74) is 0.990. The van der Waals surface area contributed by atoms with E-state index in [0.29, 0.717) is 10.9 Å². The first-order valence-corrected chi connectivity index (χ1v) is 7.74. The molecule has 1 unspecified atom stereocenters. The second kappa shape index (κ2) is 7.40. The summed E-state index contributed by atoms with van der Waals surface area (Å²) in [5, 5.41) is 2.86. The molecule has 1 N–H and O–H groups in total. The number of ether oxygens (including phenoxy) is 1. The lowest BCUT2D eigenvalue weighted by atomic mass is 10.0. The van der Waals surface area contributed by atoms with E-state index in [1.807, 2.05) is 31.2 Å². The molecule has 2 rings (SSSR count). The van der Waals surface area contributed by atoms with Gasteiger partial charge in [0.1, 0.15) is 11.6 Å². The molecule has 0 aliphatic heterocycles. The van der Waals surface area contributed by atoms with E-state index < -0.39 is 11.7 Å². The number of carbonyl (C=O) groups excluding carboxylic acids is 1. The van der Waals surface area contributed by atoms with Gasteiger partial charge in [-0.2, -0.15) is 0 Å². The Morgan fingerprint density at radius 3 is 2.50 bits per heavy atom. The van der Waals surface area contributed by atoms with Crippen molar-refractivity contribution in [1.82, 2.24) is 5.32 Å². The Kier molecular flexibility index (Phi) is 5.55. The Balaban J connectivity index is 2.16. The van der Waals surface area contributed by atoms with Gasteiger partial charge in [0.15, 0.2) is 0 Å². The molecule has 0 aliphatic rings. The molecule has 0 aromatic heterocycles. The minimum Gasteiger partial charge on any atom is -0.497 e. The van der Waals surface area contributed by atoms with E-state index in [2.05, 4.69) is 21.2 Å². The SMILES string of the molecule is CCC(NC(=O)c1ccc(Br)cc1F)c1ccc(OC)cc1. The highest BCUT2D eigenvalue weighted by Crippen LogP contribution is 2.21. The number of methoxy groups -OCH3 is 1. The lowest BCUT2D eigenvalue weighted by molar-refractivity contribution is 0.0931. The Hall–Kier alpha value is -1.88. The second-order valence-electron chi connectivity index (χ2n) is 4.83. The van der Waals surface area contributed by atoms with E-state index in [9.17, 15) is 9.18 Å². The fourth-order valence-electron chi connectivity index (χ4n) is 2.17. The molecule has 3 nitrogen and oxygen atoms in total. The van der Waals surface area contributed by atoms with Crippen molar-refractivity contribution in [3.05, 3.63) is 63.9 Å². The molecule has 0 radical (unpaired) electrons. The lowest BCUT2D eigenvalue weighted by Gasteiger charge is -2.18. The molecule has 0 saturated carbocycles. The number of hydrogen-bond acceptors (Lipinski definition) is 2. The highest BCUT2D eigenvalue weighted by atomic mass is 79.9. The second-order valence-corrected chi connectivity index (χ2v) is 5.75. The van der Waals surface area contributed by atoms with Crippen molar-refractivity contribution in [3.63, 3.8) is 0 Å². The van der Waals surface area contributed by atoms with Gasteiger partial charge in [-0.05, 0) is 42.3 Å². The van der Waals surface area contributed by atoms with Crippen molar-refractivity contribution in [3.8, 4) is 5.75 Å². The molecular formula is C17H17BrFNO2. The first-order valence-electron chi connectivity index (χ1n) is 6.95. The van der Waals surface area contributed by atoms with Crippen LogP contribution in [-0.4, -0.2) is 13.0 Å². The lowest BCUT2D eigenvalue weighted by Crippen LogP contribution is -2.28. The van der Waals surface area contributed by atoms with Gasteiger partial charge in [-0.1, -0.05) is 35.0 Å². The molecule has 0 spiro atoms. The Morgan fingerprint density at radius 1 is 1.27 bits per heavy atom. The van der Waals surface area contributed by atoms with E-state index in [4.69, 9.17) is 4.74 Å². The van der Waals surface area contributed by atoms with Gasteiger partial charge in [-0.15, -0.1) is 0 Å². The summed E-state index contributed by atoms with van der Waals surface area (Å²) < 4.78 is 19.6. The van der Waals surface area contributed by atoms with Crippen molar-refractivity contribution in [2.45, 2.75) is 19.4 Å². The summed E-state index contributed by atoms with van der Waals surface area (Å²) in [6, 6.07) is 11.7. The number of halogens is 2. The Morgan fingerprint density at radius 2 is 1.95 bits per heavy atom. The Bertz CT molecular complexity index is 658. The number of hydrogen-bond donors (Lipinski definition) is 1. The number of rotatable bonds is 5. The zero-order valence-corrected chi connectivity index (χ0v) is 14.0. The van der Waals surface area contributed by atoms with Gasteiger partial charge in [0.2, 0.25) is 0 Å². The van der Waals surface area contributed by atoms with Crippen LogP contribution in [0.4, 0.5) is 4.39 Å². The third-order valence-corrected chi connectivity index (χ3v) is 3.90. The molecular weight excluding hydrogens is 349 g/mol. The van der Waals surface area contributed by atoms with Crippen LogP contribution in [0.15, 0.2) is 46.9 Å².